The van der Waals surface area contributed by atoms with Gasteiger partial charge in [0.2, 0.25) is 5.95 Å². The number of alkyl halides is 3. The van der Waals surface area contributed by atoms with Crippen molar-refractivity contribution in [3.05, 3.63) is 11.8 Å². The summed E-state index contributed by atoms with van der Waals surface area (Å²) < 4.78 is 45.3. The van der Waals surface area contributed by atoms with Crippen LogP contribution in [-0.4, -0.2) is 72.5 Å². The van der Waals surface area contributed by atoms with Crippen molar-refractivity contribution in [2.75, 3.05) is 62.7 Å². The second-order valence-corrected chi connectivity index (χ2v) is 7.58. The van der Waals surface area contributed by atoms with E-state index in [4.69, 9.17) is 17.0 Å². The summed E-state index contributed by atoms with van der Waals surface area (Å²) in [5, 5.41) is 5.93. The van der Waals surface area contributed by atoms with Crippen molar-refractivity contribution < 1.29 is 17.9 Å². The quantitative estimate of drug-likeness (QED) is 0.689. The van der Waals surface area contributed by atoms with Crippen LogP contribution in [0.25, 0.3) is 0 Å². The molecule has 0 spiro atoms. The van der Waals surface area contributed by atoms with E-state index in [1.165, 1.54) is 0 Å². The van der Waals surface area contributed by atoms with Crippen LogP contribution in [0, 0.1) is 0 Å². The Bertz CT molecular complexity index is 676. The average molecular weight is 433 g/mol. The summed E-state index contributed by atoms with van der Waals surface area (Å²) in [6, 6.07) is 1.02. The van der Waals surface area contributed by atoms with Gasteiger partial charge in [-0.25, -0.2) is 4.98 Å². The Morgan fingerprint density at radius 3 is 2.41 bits per heavy atom. The van der Waals surface area contributed by atoms with Gasteiger partial charge in [0.05, 0.1) is 13.2 Å². The number of nitrogens with one attached hydrogen (secondary N) is 2. The molecule has 1 aromatic rings. The van der Waals surface area contributed by atoms with Gasteiger partial charge >= 0.3 is 6.18 Å². The lowest BCUT2D eigenvalue weighted by atomic mass is 10.2. The summed E-state index contributed by atoms with van der Waals surface area (Å²) in [7, 11) is 0. The molecule has 0 aliphatic carbocycles. The Morgan fingerprint density at radius 1 is 1.07 bits per heavy atom. The molecule has 0 atom stereocenters. The highest BCUT2D eigenvalue weighted by Crippen LogP contribution is 2.31. The Hall–Kier alpha value is -1.72. The van der Waals surface area contributed by atoms with E-state index in [1.807, 2.05) is 4.90 Å². The third-order valence-corrected chi connectivity index (χ3v) is 5.22. The second-order valence-electron chi connectivity index (χ2n) is 7.17. The van der Waals surface area contributed by atoms with Crippen LogP contribution in [0.15, 0.2) is 6.07 Å². The molecule has 0 unspecified atom stereocenters. The first-order chi connectivity index (χ1) is 13.9. The SMILES string of the molecule is FC(F)(F)c1cc(N2CCCCCC2)nc(NC(=S)NCCN2CCOCC2)n1. The molecular formula is C18H27F3N6OS. The molecule has 0 radical (unpaired) electrons. The smallest absolute Gasteiger partial charge is 0.379 e. The van der Waals surface area contributed by atoms with E-state index < -0.39 is 11.9 Å². The van der Waals surface area contributed by atoms with Gasteiger partial charge in [-0.15, -0.1) is 0 Å². The van der Waals surface area contributed by atoms with Crippen LogP contribution < -0.4 is 15.5 Å². The fourth-order valence-electron chi connectivity index (χ4n) is 3.40. The standard InChI is InChI=1S/C18H27F3N6OS/c19-18(20,21)14-13-15(27-6-3-1-2-4-7-27)24-16(23-14)25-17(29)22-5-8-26-9-11-28-12-10-26/h13H,1-12H2,(H2,22,23,24,25,29). The lowest BCUT2D eigenvalue weighted by Gasteiger charge is -2.26. The first-order valence-electron chi connectivity index (χ1n) is 9.98. The van der Waals surface area contributed by atoms with Crippen LogP contribution in [0.5, 0.6) is 0 Å². The summed E-state index contributed by atoms with van der Waals surface area (Å²) in [5.41, 5.74) is -0.967. The maximum atomic E-state index is 13.3. The summed E-state index contributed by atoms with van der Waals surface area (Å²) in [4.78, 5) is 12.1. The lowest BCUT2D eigenvalue weighted by Crippen LogP contribution is -2.42. The van der Waals surface area contributed by atoms with Gasteiger partial charge in [-0.2, -0.15) is 18.2 Å². The maximum absolute atomic E-state index is 13.3. The Morgan fingerprint density at radius 2 is 1.76 bits per heavy atom. The normalized spacial score (nSPS) is 18.9. The van der Waals surface area contributed by atoms with E-state index in [0.29, 0.717) is 32.8 Å². The summed E-state index contributed by atoms with van der Waals surface area (Å²) in [6.45, 7) is 5.86. The van der Waals surface area contributed by atoms with E-state index >= 15 is 0 Å². The third-order valence-electron chi connectivity index (χ3n) is 4.98. The van der Waals surface area contributed by atoms with Crippen molar-refractivity contribution in [3.63, 3.8) is 0 Å². The summed E-state index contributed by atoms with van der Waals surface area (Å²) in [6.07, 6.45) is -0.511. The highest BCUT2D eigenvalue weighted by molar-refractivity contribution is 7.80. The molecule has 162 valence electrons. The number of anilines is 2. The molecule has 0 aromatic carbocycles. The number of aromatic nitrogens is 2. The first kappa shape index (κ1) is 22.0. The van der Waals surface area contributed by atoms with Crippen LogP contribution in [0.1, 0.15) is 31.4 Å². The number of morpholine rings is 1. The largest absolute Gasteiger partial charge is 0.433 e. The van der Waals surface area contributed by atoms with Gasteiger partial charge < -0.3 is 20.3 Å². The van der Waals surface area contributed by atoms with E-state index in [1.54, 1.807) is 0 Å². The topological polar surface area (TPSA) is 65.6 Å². The van der Waals surface area contributed by atoms with Gasteiger partial charge in [0.15, 0.2) is 10.8 Å². The van der Waals surface area contributed by atoms with Crippen molar-refractivity contribution >= 4 is 29.1 Å². The first-order valence-corrected chi connectivity index (χ1v) is 10.4. The number of hydrogen-bond donors (Lipinski definition) is 2. The second kappa shape index (κ2) is 10.4. The van der Waals surface area contributed by atoms with E-state index in [0.717, 1.165) is 51.4 Å². The average Bonchev–Trinajstić information content (AvgIpc) is 2.97. The van der Waals surface area contributed by atoms with Crippen LogP contribution in [0.3, 0.4) is 0 Å². The molecule has 29 heavy (non-hydrogen) atoms. The van der Waals surface area contributed by atoms with Crippen LogP contribution in [0.4, 0.5) is 24.9 Å². The predicted molar refractivity (Wildman–Crippen MR) is 109 cm³/mol. The van der Waals surface area contributed by atoms with E-state index in [-0.39, 0.29) is 16.9 Å². The highest BCUT2D eigenvalue weighted by Gasteiger charge is 2.34. The van der Waals surface area contributed by atoms with Gasteiger partial charge in [-0.05, 0) is 25.1 Å². The van der Waals surface area contributed by atoms with Gasteiger partial charge in [0.25, 0.3) is 0 Å². The molecule has 2 saturated heterocycles. The predicted octanol–water partition coefficient (Wildman–Crippen LogP) is 2.49. The molecule has 2 N–H and O–H groups in total. The fraction of sp³-hybridized carbons (Fsp3) is 0.722. The minimum atomic E-state index is -4.55. The highest BCUT2D eigenvalue weighted by atomic mass is 32.1. The molecule has 2 fully saturated rings. The van der Waals surface area contributed by atoms with E-state index in [9.17, 15) is 13.2 Å². The molecule has 3 rings (SSSR count). The van der Waals surface area contributed by atoms with Crippen LogP contribution in [-0.2, 0) is 10.9 Å². The summed E-state index contributed by atoms with van der Waals surface area (Å²) in [5.74, 6) is 0.149. The van der Waals surface area contributed by atoms with Crippen molar-refractivity contribution in [3.8, 4) is 0 Å². The Kier molecular flexibility index (Phi) is 7.84. The molecule has 3 heterocycles. The van der Waals surface area contributed by atoms with Crippen LogP contribution >= 0.6 is 12.2 Å². The van der Waals surface area contributed by atoms with Crippen LogP contribution in [0.2, 0.25) is 0 Å². The third kappa shape index (κ3) is 6.93. The molecule has 0 amide bonds. The van der Waals surface area contributed by atoms with Crippen molar-refractivity contribution in [2.45, 2.75) is 31.9 Å². The zero-order valence-corrected chi connectivity index (χ0v) is 17.1. The molecule has 1 aromatic heterocycles. The minimum absolute atomic E-state index is 0.136. The van der Waals surface area contributed by atoms with Gasteiger partial charge in [-0.1, -0.05) is 12.8 Å². The monoisotopic (exact) mass is 432 g/mol. The van der Waals surface area contributed by atoms with Crippen molar-refractivity contribution in [2.24, 2.45) is 0 Å². The molecular weight excluding hydrogens is 405 g/mol. The number of hydrogen-bond acceptors (Lipinski definition) is 6. The van der Waals surface area contributed by atoms with Gasteiger partial charge in [0.1, 0.15) is 5.82 Å². The van der Waals surface area contributed by atoms with Crippen molar-refractivity contribution in [1.29, 1.82) is 0 Å². The maximum Gasteiger partial charge on any atom is 0.433 e. The number of ether oxygens (including phenoxy) is 1. The zero-order valence-electron chi connectivity index (χ0n) is 16.3. The lowest BCUT2D eigenvalue weighted by molar-refractivity contribution is -0.141. The molecule has 2 aliphatic rings. The fourth-order valence-corrected chi connectivity index (χ4v) is 3.59. The van der Waals surface area contributed by atoms with Gasteiger partial charge in [-0.3, -0.25) is 4.90 Å². The molecule has 0 saturated carbocycles. The Balaban J connectivity index is 1.63. The Labute approximate surface area is 174 Å². The minimum Gasteiger partial charge on any atom is -0.379 e. The molecule has 11 heteroatoms. The number of halogens is 3. The van der Waals surface area contributed by atoms with E-state index in [2.05, 4.69) is 25.5 Å². The molecule has 2 aliphatic heterocycles. The number of nitrogens with zero attached hydrogens (tertiary/aromatic N) is 4. The summed E-state index contributed by atoms with van der Waals surface area (Å²) >= 11 is 5.22. The van der Waals surface area contributed by atoms with Crippen molar-refractivity contribution in [1.82, 2.24) is 20.2 Å². The number of rotatable bonds is 5. The molecule has 0 bridgehead atoms. The molecule has 7 nitrogen and oxygen atoms in total. The zero-order chi connectivity index (χ0) is 20.7. The number of thiocarbonyl (C=S) groups is 1. The van der Waals surface area contributed by atoms with Gasteiger partial charge in [0, 0.05) is 45.3 Å².